The summed E-state index contributed by atoms with van der Waals surface area (Å²) in [6.07, 6.45) is 1.21. The van der Waals surface area contributed by atoms with Crippen LogP contribution >= 0.6 is 0 Å². The van der Waals surface area contributed by atoms with Gasteiger partial charge in [0.25, 0.3) is 5.56 Å². The highest BCUT2D eigenvalue weighted by molar-refractivity contribution is 5.91. The van der Waals surface area contributed by atoms with Gasteiger partial charge in [-0.1, -0.05) is 6.07 Å². The zero-order chi connectivity index (χ0) is 16.4. The summed E-state index contributed by atoms with van der Waals surface area (Å²) in [5, 5.41) is 0.824. The molecule has 0 bridgehead atoms. The van der Waals surface area contributed by atoms with Gasteiger partial charge in [-0.15, -0.1) is 0 Å². The number of hydrogen-bond acceptors (Lipinski definition) is 4. The van der Waals surface area contributed by atoms with Crippen molar-refractivity contribution in [3.05, 3.63) is 52.9 Å². The van der Waals surface area contributed by atoms with Crippen LogP contribution in [0.25, 0.3) is 22.2 Å². The summed E-state index contributed by atoms with van der Waals surface area (Å²) in [6, 6.07) is 10.7. The average molecular weight is 311 g/mol. The molecule has 5 N–H and O–H groups in total. The van der Waals surface area contributed by atoms with E-state index in [9.17, 15) is 9.59 Å². The Balaban J connectivity index is 2.13. The molecule has 3 aromatic rings. The van der Waals surface area contributed by atoms with Crippen molar-refractivity contribution in [2.45, 2.75) is 0 Å². The van der Waals surface area contributed by atoms with E-state index in [1.54, 1.807) is 6.07 Å². The number of benzene rings is 1. The van der Waals surface area contributed by atoms with Crippen LogP contribution in [0.3, 0.4) is 0 Å². The Morgan fingerprint density at radius 2 is 2.22 bits per heavy atom. The van der Waals surface area contributed by atoms with Crippen LogP contribution in [0.5, 0.6) is 5.75 Å². The minimum atomic E-state index is -0.851. The molecule has 0 aliphatic carbocycles. The number of fused-ring (bicyclic) bond motifs is 1. The van der Waals surface area contributed by atoms with Crippen molar-refractivity contribution < 1.29 is 9.53 Å². The number of primary amides is 1. The maximum absolute atomic E-state index is 12.3. The van der Waals surface area contributed by atoms with Crippen LogP contribution in [0.2, 0.25) is 0 Å². The van der Waals surface area contributed by atoms with Crippen molar-refractivity contribution in [3.63, 3.8) is 0 Å². The number of aromatic amines is 1. The van der Waals surface area contributed by atoms with Crippen LogP contribution in [-0.2, 0) is 0 Å². The number of nitrogens with zero attached hydrogens (tertiary/aromatic N) is 1. The second-order valence-corrected chi connectivity index (χ2v) is 4.90. The summed E-state index contributed by atoms with van der Waals surface area (Å²) < 4.78 is 6.41. The number of nitrogens with two attached hydrogens (primary N) is 2. The quantitative estimate of drug-likeness (QED) is 0.668. The molecule has 117 valence electrons. The van der Waals surface area contributed by atoms with Crippen molar-refractivity contribution in [2.75, 3.05) is 13.2 Å². The zero-order valence-corrected chi connectivity index (χ0v) is 12.2. The highest BCUT2D eigenvalue weighted by atomic mass is 16.5. The van der Waals surface area contributed by atoms with Gasteiger partial charge in [0, 0.05) is 29.7 Å². The smallest absolute Gasteiger partial charge is 0.325 e. The second-order valence-electron chi connectivity index (χ2n) is 4.90. The fourth-order valence-corrected chi connectivity index (χ4v) is 2.37. The summed E-state index contributed by atoms with van der Waals surface area (Å²) in [7, 11) is 0. The van der Waals surface area contributed by atoms with E-state index in [2.05, 4.69) is 11.1 Å². The first kappa shape index (κ1) is 14.9. The molecule has 0 fully saturated rings. The lowest BCUT2D eigenvalue weighted by Crippen LogP contribution is -2.31. The van der Waals surface area contributed by atoms with E-state index in [1.807, 2.05) is 18.2 Å². The first-order valence-corrected chi connectivity index (χ1v) is 6.99. The molecular formula is C16H15N4O3. The molecule has 0 saturated heterocycles. The predicted octanol–water partition coefficient (Wildman–Crippen LogP) is 1.06. The van der Waals surface area contributed by atoms with E-state index < -0.39 is 11.6 Å². The van der Waals surface area contributed by atoms with Gasteiger partial charge in [0.1, 0.15) is 12.4 Å². The second kappa shape index (κ2) is 5.98. The highest BCUT2D eigenvalue weighted by Gasteiger charge is 2.13. The van der Waals surface area contributed by atoms with Gasteiger partial charge >= 0.3 is 6.03 Å². The Labute approximate surface area is 131 Å². The maximum atomic E-state index is 12.3. The van der Waals surface area contributed by atoms with Crippen LogP contribution in [-0.4, -0.2) is 28.7 Å². The molecule has 1 aromatic carbocycles. The minimum absolute atomic E-state index is 0.298. The van der Waals surface area contributed by atoms with Gasteiger partial charge in [-0.3, -0.25) is 4.79 Å². The molecule has 7 nitrogen and oxygen atoms in total. The third-order valence-electron chi connectivity index (χ3n) is 3.41. The SMILES string of the molecule is NCCOc1cccc2[nH]c(-c3c[c]cn(C(N)=O)c3=O)cc12. The number of hydrogen-bond donors (Lipinski definition) is 3. The van der Waals surface area contributed by atoms with Crippen LogP contribution in [0.1, 0.15) is 0 Å². The van der Waals surface area contributed by atoms with Crippen molar-refractivity contribution in [3.8, 4) is 17.0 Å². The summed E-state index contributed by atoms with van der Waals surface area (Å²) in [6.45, 7) is 0.803. The van der Waals surface area contributed by atoms with E-state index in [0.29, 0.717) is 30.2 Å². The first-order valence-electron chi connectivity index (χ1n) is 6.99. The third-order valence-corrected chi connectivity index (χ3v) is 3.41. The third kappa shape index (κ3) is 2.69. The minimum Gasteiger partial charge on any atom is -0.492 e. The van der Waals surface area contributed by atoms with Crippen molar-refractivity contribution in [2.24, 2.45) is 11.5 Å². The molecule has 1 amide bonds. The van der Waals surface area contributed by atoms with E-state index in [0.717, 1.165) is 15.5 Å². The number of carbonyl (C=O) groups is 1. The Morgan fingerprint density at radius 3 is 2.96 bits per heavy atom. The number of ether oxygens (including phenoxy) is 1. The Kier molecular flexibility index (Phi) is 3.86. The van der Waals surface area contributed by atoms with Crippen LogP contribution < -0.4 is 21.8 Å². The zero-order valence-electron chi connectivity index (χ0n) is 12.2. The molecule has 0 saturated carbocycles. The van der Waals surface area contributed by atoms with Gasteiger partial charge in [0.05, 0.1) is 11.3 Å². The van der Waals surface area contributed by atoms with Gasteiger partial charge < -0.3 is 21.2 Å². The molecule has 7 heteroatoms. The van der Waals surface area contributed by atoms with E-state index >= 15 is 0 Å². The van der Waals surface area contributed by atoms with Crippen molar-refractivity contribution in [1.82, 2.24) is 9.55 Å². The Bertz CT molecular complexity index is 926. The Morgan fingerprint density at radius 1 is 1.39 bits per heavy atom. The molecule has 0 aliphatic rings. The summed E-state index contributed by atoms with van der Waals surface area (Å²) in [5.74, 6) is 0.672. The number of nitrogens with one attached hydrogen (secondary N) is 1. The van der Waals surface area contributed by atoms with Gasteiger partial charge in [-0.25, -0.2) is 9.36 Å². The molecule has 1 radical (unpaired) electrons. The van der Waals surface area contributed by atoms with Gasteiger partial charge in [-0.2, -0.15) is 0 Å². The van der Waals surface area contributed by atoms with Gasteiger partial charge in [0.15, 0.2) is 0 Å². The molecule has 3 rings (SSSR count). The first-order chi connectivity index (χ1) is 11.1. The molecular weight excluding hydrogens is 296 g/mol. The van der Waals surface area contributed by atoms with Crippen molar-refractivity contribution >= 4 is 16.9 Å². The van der Waals surface area contributed by atoms with Crippen LogP contribution in [0.15, 0.2) is 41.3 Å². The fourth-order valence-electron chi connectivity index (χ4n) is 2.37. The fraction of sp³-hybridized carbons (Fsp3) is 0.125. The average Bonchev–Trinajstić information content (AvgIpc) is 2.97. The number of amides is 1. The summed E-state index contributed by atoms with van der Waals surface area (Å²) in [4.78, 5) is 26.7. The Hall–Kier alpha value is -3.06. The van der Waals surface area contributed by atoms with E-state index in [-0.39, 0.29) is 0 Å². The monoisotopic (exact) mass is 311 g/mol. The molecule has 0 unspecified atom stereocenters. The molecule has 0 atom stereocenters. The van der Waals surface area contributed by atoms with E-state index in [4.69, 9.17) is 16.2 Å². The number of carbonyl (C=O) groups excluding carboxylic acids is 1. The highest BCUT2D eigenvalue weighted by Crippen LogP contribution is 2.29. The molecule has 0 aliphatic heterocycles. The topological polar surface area (TPSA) is 116 Å². The molecule has 2 aromatic heterocycles. The van der Waals surface area contributed by atoms with Gasteiger partial charge in [0.2, 0.25) is 0 Å². The molecule has 0 spiro atoms. The molecule has 2 heterocycles. The normalized spacial score (nSPS) is 10.8. The molecule has 23 heavy (non-hydrogen) atoms. The lowest BCUT2D eigenvalue weighted by atomic mass is 10.2. The van der Waals surface area contributed by atoms with Crippen LogP contribution in [0.4, 0.5) is 4.79 Å². The number of rotatable bonds is 4. The summed E-state index contributed by atoms with van der Waals surface area (Å²) >= 11 is 0. The lowest BCUT2D eigenvalue weighted by molar-refractivity contribution is 0.249. The number of pyridine rings is 1. The van der Waals surface area contributed by atoms with Crippen molar-refractivity contribution in [1.29, 1.82) is 0 Å². The number of aromatic nitrogens is 2. The predicted molar refractivity (Wildman–Crippen MR) is 86.4 cm³/mol. The maximum Gasteiger partial charge on any atom is 0.325 e. The van der Waals surface area contributed by atoms with Crippen LogP contribution in [0, 0.1) is 6.07 Å². The lowest BCUT2D eigenvalue weighted by Gasteiger charge is -2.04. The standard InChI is InChI=1S/C16H15N4O3/c17-6-8-23-14-5-1-4-12-11(14)9-13(19-12)10-3-2-7-20(15(10)21)16(18)22/h1,3-5,7,9,19H,6,8,17H2,(H2,18,22). The van der Waals surface area contributed by atoms with E-state index in [1.165, 1.54) is 12.3 Å². The van der Waals surface area contributed by atoms with Gasteiger partial charge in [-0.05, 0) is 24.3 Å². The summed E-state index contributed by atoms with van der Waals surface area (Å²) in [5.41, 5.74) is 11.8. The largest absolute Gasteiger partial charge is 0.492 e. The number of H-pyrrole nitrogens is 1.